The maximum absolute atomic E-state index is 13.1. The minimum atomic E-state index is -0.705. The van der Waals surface area contributed by atoms with Crippen molar-refractivity contribution in [1.29, 1.82) is 0 Å². The van der Waals surface area contributed by atoms with E-state index in [1.165, 1.54) is 0 Å². The number of carbonyl (C=O) groups excluding carboxylic acids is 2. The van der Waals surface area contributed by atoms with Gasteiger partial charge in [0, 0.05) is 6.04 Å². The SMILES string of the molecule is CCCC(C)N1C(=O)C(CC)(CC)NC(=O)C1C(C)CC. The summed E-state index contributed by atoms with van der Waals surface area (Å²) >= 11 is 0. The molecule has 0 spiro atoms. The van der Waals surface area contributed by atoms with Crippen molar-refractivity contribution >= 4 is 11.8 Å². The monoisotopic (exact) mass is 296 g/mol. The van der Waals surface area contributed by atoms with Crippen molar-refractivity contribution in [2.75, 3.05) is 0 Å². The van der Waals surface area contributed by atoms with Gasteiger partial charge in [-0.3, -0.25) is 9.59 Å². The second-order valence-corrected chi connectivity index (χ2v) is 6.46. The molecule has 4 nitrogen and oxygen atoms in total. The van der Waals surface area contributed by atoms with Crippen molar-refractivity contribution in [3.05, 3.63) is 0 Å². The van der Waals surface area contributed by atoms with Gasteiger partial charge in [0.2, 0.25) is 11.8 Å². The van der Waals surface area contributed by atoms with Crippen molar-refractivity contribution in [3.63, 3.8) is 0 Å². The van der Waals surface area contributed by atoms with E-state index in [0.717, 1.165) is 19.3 Å². The van der Waals surface area contributed by atoms with Gasteiger partial charge in [-0.05, 0) is 32.1 Å². The van der Waals surface area contributed by atoms with Gasteiger partial charge in [0.25, 0.3) is 0 Å². The summed E-state index contributed by atoms with van der Waals surface area (Å²) in [5.41, 5.74) is -0.705. The van der Waals surface area contributed by atoms with Gasteiger partial charge in [-0.25, -0.2) is 0 Å². The number of hydrogen-bond donors (Lipinski definition) is 1. The highest BCUT2D eigenvalue weighted by Gasteiger charge is 2.51. The lowest BCUT2D eigenvalue weighted by molar-refractivity contribution is -0.160. The molecule has 1 N–H and O–H groups in total. The Morgan fingerprint density at radius 3 is 2.14 bits per heavy atom. The molecule has 4 heteroatoms. The first-order valence-corrected chi connectivity index (χ1v) is 8.53. The maximum atomic E-state index is 13.1. The Balaban J connectivity index is 3.23. The first-order chi connectivity index (χ1) is 9.88. The summed E-state index contributed by atoms with van der Waals surface area (Å²) in [6.45, 7) is 12.3. The summed E-state index contributed by atoms with van der Waals surface area (Å²) < 4.78 is 0. The fourth-order valence-corrected chi connectivity index (χ4v) is 3.38. The minimum Gasteiger partial charge on any atom is -0.340 e. The Morgan fingerprint density at radius 2 is 1.71 bits per heavy atom. The Bertz CT molecular complexity index is 377. The molecule has 0 saturated carbocycles. The summed E-state index contributed by atoms with van der Waals surface area (Å²) in [6, 6.07) is -0.208. The number of hydrogen-bond acceptors (Lipinski definition) is 2. The number of nitrogens with one attached hydrogen (secondary N) is 1. The molecule has 1 heterocycles. The van der Waals surface area contributed by atoms with Gasteiger partial charge in [0.05, 0.1) is 0 Å². The molecule has 1 saturated heterocycles. The zero-order valence-electron chi connectivity index (χ0n) is 14.5. The van der Waals surface area contributed by atoms with E-state index >= 15 is 0 Å². The van der Waals surface area contributed by atoms with E-state index in [2.05, 4.69) is 33.0 Å². The van der Waals surface area contributed by atoms with Gasteiger partial charge in [-0.2, -0.15) is 0 Å². The lowest BCUT2D eigenvalue weighted by atomic mass is 9.83. The lowest BCUT2D eigenvalue weighted by Gasteiger charge is -2.49. The highest BCUT2D eigenvalue weighted by Crippen LogP contribution is 2.31. The van der Waals surface area contributed by atoms with Crippen LogP contribution in [0.4, 0.5) is 0 Å². The van der Waals surface area contributed by atoms with Gasteiger partial charge in [0.15, 0.2) is 0 Å². The van der Waals surface area contributed by atoms with Crippen LogP contribution in [0.25, 0.3) is 0 Å². The summed E-state index contributed by atoms with van der Waals surface area (Å²) in [4.78, 5) is 27.7. The van der Waals surface area contributed by atoms with Crippen molar-refractivity contribution in [2.24, 2.45) is 5.92 Å². The first-order valence-electron chi connectivity index (χ1n) is 8.53. The largest absolute Gasteiger partial charge is 0.340 e. The molecule has 122 valence electrons. The zero-order chi connectivity index (χ0) is 16.2. The van der Waals surface area contributed by atoms with Gasteiger partial charge in [-0.15, -0.1) is 0 Å². The van der Waals surface area contributed by atoms with Crippen LogP contribution in [0.2, 0.25) is 0 Å². The molecule has 0 aliphatic carbocycles. The Labute approximate surface area is 129 Å². The number of rotatable bonds is 7. The van der Waals surface area contributed by atoms with E-state index < -0.39 is 5.54 Å². The fraction of sp³-hybridized carbons (Fsp3) is 0.882. The van der Waals surface area contributed by atoms with Crippen LogP contribution in [0.5, 0.6) is 0 Å². The van der Waals surface area contributed by atoms with Crippen LogP contribution in [0, 0.1) is 5.92 Å². The number of carbonyl (C=O) groups is 2. The van der Waals surface area contributed by atoms with Crippen LogP contribution in [0.3, 0.4) is 0 Å². The van der Waals surface area contributed by atoms with Gasteiger partial charge in [0.1, 0.15) is 11.6 Å². The molecule has 0 aromatic carbocycles. The van der Waals surface area contributed by atoms with E-state index in [-0.39, 0.29) is 29.8 Å². The third kappa shape index (κ3) is 3.24. The molecule has 1 rings (SSSR count). The summed E-state index contributed by atoms with van der Waals surface area (Å²) in [7, 11) is 0. The molecule has 3 unspecified atom stereocenters. The molecule has 21 heavy (non-hydrogen) atoms. The normalized spacial score (nSPS) is 24.7. The average Bonchev–Trinajstić information content (AvgIpc) is 2.48. The Kier molecular flexibility index (Phi) is 6.24. The Morgan fingerprint density at radius 1 is 1.14 bits per heavy atom. The maximum Gasteiger partial charge on any atom is 0.249 e. The number of amides is 2. The molecule has 0 aromatic rings. The molecule has 1 aliphatic rings. The van der Waals surface area contributed by atoms with Gasteiger partial charge >= 0.3 is 0 Å². The third-order valence-electron chi connectivity index (χ3n) is 5.15. The predicted molar refractivity (Wildman–Crippen MR) is 85.9 cm³/mol. The zero-order valence-corrected chi connectivity index (χ0v) is 14.5. The predicted octanol–water partition coefficient (Wildman–Crippen LogP) is 3.11. The van der Waals surface area contributed by atoms with Crippen molar-refractivity contribution in [2.45, 2.75) is 91.3 Å². The summed E-state index contributed by atoms with van der Waals surface area (Å²) in [5, 5.41) is 3.04. The van der Waals surface area contributed by atoms with E-state index in [1.807, 2.05) is 18.7 Å². The molecule has 0 aromatic heterocycles. The smallest absolute Gasteiger partial charge is 0.249 e. The molecular formula is C17H32N2O2. The summed E-state index contributed by atoms with van der Waals surface area (Å²) in [5.74, 6) is 0.314. The van der Waals surface area contributed by atoms with Crippen LogP contribution < -0.4 is 5.32 Å². The van der Waals surface area contributed by atoms with Crippen LogP contribution >= 0.6 is 0 Å². The highest BCUT2D eigenvalue weighted by atomic mass is 16.2. The van der Waals surface area contributed by atoms with Crippen molar-refractivity contribution < 1.29 is 9.59 Å². The fourth-order valence-electron chi connectivity index (χ4n) is 3.38. The second-order valence-electron chi connectivity index (χ2n) is 6.46. The molecule has 1 aliphatic heterocycles. The quantitative estimate of drug-likeness (QED) is 0.785. The highest BCUT2D eigenvalue weighted by molar-refractivity contribution is 6.00. The van der Waals surface area contributed by atoms with E-state index in [4.69, 9.17) is 0 Å². The Hall–Kier alpha value is -1.06. The molecule has 3 atom stereocenters. The standard InChI is InChI=1S/C17H32N2O2/c1-7-11-13(6)19-14(12(5)8-2)15(20)18-17(9-3,10-4)16(19)21/h12-14H,7-11H2,1-6H3,(H,18,20). The molecular weight excluding hydrogens is 264 g/mol. The van der Waals surface area contributed by atoms with Crippen LogP contribution in [0.1, 0.15) is 73.6 Å². The van der Waals surface area contributed by atoms with E-state index in [1.54, 1.807) is 0 Å². The van der Waals surface area contributed by atoms with Crippen molar-refractivity contribution in [1.82, 2.24) is 10.2 Å². The van der Waals surface area contributed by atoms with E-state index in [0.29, 0.717) is 12.8 Å². The summed E-state index contributed by atoms with van der Waals surface area (Å²) in [6.07, 6.45) is 4.15. The van der Waals surface area contributed by atoms with Crippen LogP contribution in [0.15, 0.2) is 0 Å². The second kappa shape index (κ2) is 7.28. The lowest BCUT2D eigenvalue weighted by Crippen LogP contribution is -2.72. The van der Waals surface area contributed by atoms with Crippen LogP contribution in [-0.4, -0.2) is 34.3 Å². The van der Waals surface area contributed by atoms with Gasteiger partial charge in [-0.1, -0.05) is 47.5 Å². The topological polar surface area (TPSA) is 49.4 Å². The van der Waals surface area contributed by atoms with Crippen LogP contribution in [-0.2, 0) is 9.59 Å². The number of piperazine rings is 1. The van der Waals surface area contributed by atoms with Gasteiger partial charge < -0.3 is 10.2 Å². The third-order valence-corrected chi connectivity index (χ3v) is 5.15. The number of nitrogens with zero attached hydrogens (tertiary/aromatic N) is 1. The van der Waals surface area contributed by atoms with E-state index in [9.17, 15) is 9.59 Å². The van der Waals surface area contributed by atoms with Crippen molar-refractivity contribution in [3.8, 4) is 0 Å². The molecule has 1 fully saturated rings. The average molecular weight is 296 g/mol. The molecule has 2 amide bonds. The molecule has 0 bridgehead atoms. The molecule has 0 radical (unpaired) electrons. The minimum absolute atomic E-state index is 0.0237. The first kappa shape index (κ1) is 18.0.